The molecule has 0 radical (unpaired) electrons. The maximum atomic E-state index is 12.7. The van der Waals surface area contributed by atoms with Crippen LogP contribution in [0.4, 0.5) is 5.69 Å². The molecule has 0 atom stereocenters. The molecule has 0 aliphatic carbocycles. The zero-order valence-corrected chi connectivity index (χ0v) is 13.6. The first-order valence-electron chi connectivity index (χ1n) is 8.29. The van der Waals surface area contributed by atoms with Crippen molar-refractivity contribution in [1.82, 2.24) is 4.90 Å². The van der Waals surface area contributed by atoms with Gasteiger partial charge >= 0.3 is 0 Å². The number of nitrogens with zero attached hydrogens (tertiary/aromatic N) is 1. The van der Waals surface area contributed by atoms with Crippen LogP contribution in [0.5, 0.6) is 0 Å². The van der Waals surface area contributed by atoms with Crippen LogP contribution in [-0.2, 0) is 0 Å². The number of amides is 1. The summed E-state index contributed by atoms with van der Waals surface area (Å²) in [5.41, 5.74) is 3.01. The SMILES string of the molecule is CCCC1CCN(C(=O)c2ccc(NCC)cc2C)CC1. The number of nitrogens with one attached hydrogen (secondary N) is 1. The highest BCUT2D eigenvalue weighted by Crippen LogP contribution is 2.24. The molecule has 0 aromatic heterocycles. The first-order valence-corrected chi connectivity index (χ1v) is 8.29. The minimum Gasteiger partial charge on any atom is -0.385 e. The van der Waals surface area contributed by atoms with Gasteiger partial charge in [-0.3, -0.25) is 4.79 Å². The van der Waals surface area contributed by atoms with E-state index in [9.17, 15) is 4.79 Å². The van der Waals surface area contributed by atoms with E-state index < -0.39 is 0 Å². The molecular weight excluding hydrogens is 260 g/mol. The summed E-state index contributed by atoms with van der Waals surface area (Å²) in [5.74, 6) is 1.02. The summed E-state index contributed by atoms with van der Waals surface area (Å²) in [7, 11) is 0. The van der Waals surface area contributed by atoms with Gasteiger partial charge in [-0.2, -0.15) is 0 Å². The lowest BCUT2D eigenvalue weighted by atomic mass is 9.92. The molecule has 1 aliphatic rings. The summed E-state index contributed by atoms with van der Waals surface area (Å²) < 4.78 is 0. The van der Waals surface area contributed by atoms with E-state index in [1.807, 2.05) is 24.0 Å². The highest BCUT2D eigenvalue weighted by molar-refractivity contribution is 5.96. The molecule has 1 fully saturated rings. The van der Waals surface area contributed by atoms with Crippen LogP contribution in [0.15, 0.2) is 18.2 Å². The number of aryl methyl sites for hydroxylation is 1. The van der Waals surface area contributed by atoms with Crippen molar-refractivity contribution in [2.45, 2.75) is 46.5 Å². The third-order valence-corrected chi connectivity index (χ3v) is 4.44. The second-order valence-electron chi connectivity index (χ2n) is 6.08. The van der Waals surface area contributed by atoms with Gasteiger partial charge in [0.2, 0.25) is 0 Å². The molecule has 21 heavy (non-hydrogen) atoms. The number of hydrogen-bond acceptors (Lipinski definition) is 2. The molecule has 0 unspecified atom stereocenters. The fraction of sp³-hybridized carbons (Fsp3) is 0.611. The van der Waals surface area contributed by atoms with Crippen molar-refractivity contribution in [3.05, 3.63) is 29.3 Å². The monoisotopic (exact) mass is 288 g/mol. The van der Waals surface area contributed by atoms with Crippen LogP contribution in [0.1, 0.15) is 55.5 Å². The highest BCUT2D eigenvalue weighted by atomic mass is 16.2. The first kappa shape index (κ1) is 15.9. The Morgan fingerprint density at radius 1 is 1.29 bits per heavy atom. The molecule has 0 saturated carbocycles. The Morgan fingerprint density at radius 2 is 2.00 bits per heavy atom. The van der Waals surface area contributed by atoms with Crippen LogP contribution in [-0.4, -0.2) is 30.4 Å². The summed E-state index contributed by atoms with van der Waals surface area (Å²) >= 11 is 0. The topological polar surface area (TPSA) is 32.3 Å². The highest BCUT2D eigenvalue weighted by Gasteiger charge is 2.23. The lowest BCUT2D eigenvalue weighted by Crippen LogP contribution is -2.38. The maximum absolute atomic E-state index is 12.7. The molecule has 1 heterocycles. The molecule has 1 aliphatic heterocycles. The van der Waals surface area contributed by atoms with Gasteiger partial charge in [0.1, 0.15) is 0 Å². The molecule has 1 N–H and O–H groups in total. The zero-order chi connectivity index (χ0) is 15.2. The van der Waals surface area contributed by atoms with E-state index in [0.717, 1.165) is 55.2 Å². The van der Waals surface area contributed by atoms with Crippen molar-refractivity contribution >= 4 is 11.6 Å². The Labute approximate surface area is 128 Å². The fourth-order valence-electron chi connectivity index (χ4n) is 3.22. The van der Waals surface area contributed by atoms with Gasteiger partial charge in [0.25, 0.3) is 5.91 Å². The fourth-order valence-corrected chi connectivity index (χ4v) is 3.22. The Kier molecular flexibility index (Phi) is 5.66. The smallest absolute Gasteiger partial charge is 0.254 e. The van der Waals surface area contributed by atoms with Gasteiger partial charge in [0.05, 0.1) is 0 Å². The molecule has 1 saturated heterocycles. The Hall–Kier alpha value is -1.51. The van der Waals surface area contributed by atoms with Crippen molar-refractivity contribution in [2.24, 2.45) is 5.92 Å². The average Bonchev–Trinajstić information content (AvgIpc) is 2.48. The van der Waals surface area contributed by atoms with Crippen molar-refractivity contribution in [3.8, 4) is 0 Å². The molecule has 0 spiro atoms. The van der Waals surface area contributed by atoms with Gasteiger partial charge in [-0.1, -0.05) is 19.8 Å². The number of benzene rings is 1. The number of anilines is 1. The Balaban J connectivity index is 2.00. The second-order valence-corrected chi connectivity index (χ2v) is 6.08. The van der Waals surface area contributed by atoms with Gasteiger partial charge in [-0.25, -0.2) is 0 Å². The third-order valence-electron chi connectivity index (χ3n) is 4.44. The number of rotatable bonds is 5. The molecule has 116 valence electrons. The number of hydrogen-bond donors (Lipinski definition) is 1. The molecule has 3 nitrogen and oxygen atoms in total. The third kappa shape index (κ3) is 3.99. The van der Waals surface area contributed by atoms with Gasteiger partial charge in [0, 0.05) is 30.9 Å². The van der Waals surface area contributed by atoms with Crippen LogP contribution in [0, 0.1) is 12.8 Å². The van der Waals surface area contributed by atoms with E-state index in [0.29, 0.717) is 0 Å². The molecule has 1 aromatic rings. The van der Waals surface area contributed by atoms with E-state index >= 15 is 0 Å². The molecule has 3 heteroatoms. The van der Waals surface area contributed by atoms with Gasteiger partial charge < -0.3 is 10.2 Å². The van der Waals surface area contributed by atoms with Crippen LogP contribution in [0.25, 0.3) is 0 Å². The largest absolute Gasteiger partial charge is 0.385 e. The average molecular weight is 288 g/mol. The van der Waals surface area contributed by atoms with E-state index in [4.69, 9.17) is 0 Å². The van der Waals surface area contributed by atoms with Crippen LogP contribution >= 0.6 is 0 Å². The van der Waals surface area contributed by atoms with E-state index in [-0.39, 0.29) is 5.91 Å². The van der Waals surface area contributed by atoms with Crippen LogP contribution in [0.3, 0.4) is 0 Å². The van der Waals surface area contributed by atoms with E-state index in [2.05, 4.69) is 25.2 Å². The number of likely N-dealkylation sites (tertiary alicyclic amines) is 1. The molecule has 2 rings (SSSR count). The van der Waals surface area contributed by atoms with Crippen molar-refractivity contribution in [1.29, 1.82) is 0 Å². The number of piperidine rings is 1. The predicted octanol–water partition coefficient (Wildman–Crippen LogP) is 4.08. The maximum Gasteiger partial charge on any atom is 0.254 e. The van der Waals surface area contributed by atoms with Crippen molar-refractivity contribution in [3.63, 3.8) is 0 Å². The molecule has 0 bridgehead atoms. The van der Waals surface area contributed by atoms with Gasteiger partial charge in [0.15, 0.2) is 0 Å². The Bertz CT molecular complexity index is 476. The molecular formula is C18H28N2O. The summed E-state index contributed by atoms with van der Waals surface area (Å²) in [5, 5.41) is 3.29. The van der Waals surface area contributed by atoms with Crippen molar-refractivity contribution < 1.29 is 4.79 Å². The zero-order valence-electron chi connectivity index (χ0n) is 13.6. The standard InChI is InChI=1S/C18H28N2O/c1-4-6-15-9-11-20(12-10-15)18(21)17-8-7-16(19-5-2)13-14(17)3/h7-8,13,15,19H,4-6,9-12H2,1-3H3. The second kappa shape index (κ2) is 7.48. The van der Waals surface area contributed by atoms with Crippen molar-refractivity contribution in [2.75, 3.05) is 25.0 Å². The van der Waals surface area contributed by atoms with Crippen LogP contribution in [0.2, 0.25) is 0 Å². The predicted molar refractivity (Wildman–Crippen MR) is 88.9 cm³/mol. The van der Waals surface area contributed by atoms with E-state index in [1.54, 1.807) is 0 Å². The van der Waals surface area contributed by atoms with Gasteiger partial charge in [-0.15, -0.1) is 0 Å². The summed E-state index contributed by atoms with van der Waals surface area (Å²) in [6.07, 6.45) is 4.88. The van der Waals surface area contributed by atoms with Gasteiger partial charge in [-0.05, 0) is 56.4 Å². The molecule has 1 amide bonds. The first-order chi connectivity index (χ1) is 10.2. The Morgan fingerprint density at radius 3 is 2.57 bits per heavy atom. The van der Waals surface area contributed by atoms with Crippen LogP contribution < -0.4 is 5.32 Å². The van der Waals surface area contributed by atoms with E-state index in [1.165, 1.54) is 12.8 Å². The summed E-state index contributed by atoms with van der Waals surface area (Å²) in [4.78, 5) is 14.7. The minimum absolute atomic E-state index is 0.200. The number of carbonyl (C=O) groups is 1. The lowest BCUT2D eigenvalue weighted by molar-refractivity contribution is 0.0686. The normalized spacial score (nSPS) is 16.0. The quantitative estimate of drug-likeness (QED) is 0.885. The number of carbonyl (C=O) groups excluding carboxylic acids is 1. The summed E-state index contributed by atoms with van der Waals surface area (Å²) in [6.45, 7) is 9.08. The minimum atomic E-state index is 0.200. The molecule has 1 aromatic carbocycles. The summed E-state index contributed by atoms with van der Waals surface area (Å²) in [6, 6.07) is 6.04. The lowest BCUT2D eigenvalue weighted by Gasteiger charge is -2.32.